The molecule has 4 nitrogen and oxygen atoms in total. The molecule has 0 fully saturated rings. The van der Waals surface area contributed by atoms with Crippen molar-refractivity contribution in [3.63, 3.8) is 0 Å². The Morgan fingerprint density at radius 2 is 1.91 bits per heavy atom. The predicted octanol–water partition coefficient (Wildman–Crippen LogP) is 3.70. The molecule has 6 heteroatoms. The number of amides is 1. The number of hydrazone groups is 1. The highest BCUT2D eigenvalue weighted by Gasteiger charge is 2.26. The zero-order chi connectivity index (χ0) is 15.5. The molecule has 2 N–H and O–H groups in total. The van der Waals surface area contributed by atoms with Gasteiger partial charge in [0.15, 0.2) is 0 Å². The second kappa shape index (κ2) is 6.38. The normalized spacial score (nSPS) is 17.6. The molecular formula is C16H13Cl2N3O. The Hall–Kier alpha value is -2.04. The second-order valence-corrected chi connectivity index (χ2v) is 5.77. The van der Waals surface area contributed by atoms with Gasteiger partial charge in [0.1, 0.15) is 6.04 Å². The van der Waals surface area contributed by atoms with Gasteiger partial charge in [0.2, 0.25) is 0 Å². The van der Waals surface area contributed by atoms with Crippen molar-refractivity contribution < 1.29 is 4.79 Å². The summed E-state index contributed by atoms with van der Waals surface area (Å²) in [6, 6.07) is 14.4. The zero-order valence-electron chi connectivity index (χ0n) is 11.5. The number of nitrogens with one attached hydrogen (secondary N) is 2. The molecule has 1 aliphatic heterocycles. The largest absolute Gasteiger partial charge is 0.372 e. The fourth-order valence-electron chi connectivity index (χ4n) is 2.26. The summed E-state index contributed by atoms with van der Waals surface area (Å²) in [6.45, 7) is 0. The Balaban J connectivity index is 1.80. The van der Waals surface area contributed by atoms with Gasteiger partial charge in [-0.15, -0.1) is 0 Å². The highest BCUT2D eigenvalue weighted by Crippen LogP contribution is 2.27. The number of hydrogen-bond donors (Lipinski definition) is 2. The van der Waals surface area contributed by atoms with Crippen molar-refractivity contribution >= 4 is 40.5 Å². The summed E-state index contributed by atoms with van der Waals surface area (Å²) < 4.78 is 0. The molecule has 0 saturated carbocycles. The van der Waals surface area contributed by atoms with Crippen molar-refractivity contribution in [2.75, 3.05) is 5.32 Å². The van der Waals surface area contributed by atoms with E-state index in [2.05, 4.69) is 15.8 Å². The summed E-state index contributed by atoms with van der Waals surface area (Å²) in [4.78, 5) is 12.0. The summed E-state index contributed by atoms with van der Waals surface area (Å²) in [6.07, 6.45) is 0.481. The third-order valence-corrected chi connectivity index (χ3v) is 3.93. The molecule has 0 aliphatic carbocycles. The van der Waals surface area contributed by atoms with Crippen LogP contribution in [0.15, 0.2) is 53.6 Å². The third kappa shape index (κ3) is 3.24. The van der Waals surface area contributed by atoms with E-state index in [1.54, 1.807) is 18.2 Å². The predicted molar refractivity (Wildman–Crippen MR) is 89.6 cm³/mol. The molecular weight excluding hydrogens is 321 g/mol. The zero-order valence-corrected chi connectivity index (χ0v) is 13.0. The maximum absolute atomic E-state index is 12.0. The molecule has 0 spiro atoms. The van der Waals surface area contributed by atoms with Crippen LogP contribution in [-0.4, -0.2) is 17.7 Å². The molecule has 0 radical (unpaired) electrons. The van der Waals surface area contributed by atoms with E-state index < -0.39 is 6.04 Å². The van der Waals surface area contributed by atoms with Gasteiger partial charge in [0.05, 0.1) is 16.4 Å². The Bertz CT molecular complexity index is 731. The van der Waals surface area contributed by atoms with Crippen molar-refractivity contribution in [3.8, 4) is 0 Å². The lowest BCUT2D eigenvalue weighted by molar-refractivity contribution is -0.122. The highest BCUT2D eigenvalue weighted by atomic mass is 35.5. The van der Waals surface area contributed by atoms with Crippen LogP contribution < -0.4 is 10.7 Å². The summed E-state index contributed by atoms with van der Waals surface area (Å²) in [5.74, 6) is -0.189. The first kappa shape index (κ1) is 14.9. The molecule has 1 aliphatic rings. The number of anilines is 1. The smallest absolute Gasteiger partial charge is 0.262 e. The first-order valence-electron chi connectivity index (χ1n) is 6.77. The Morgan fingerprint density at radius 3 is 2.64 bits per heavy atom. The van der Waals surface area contributed by atoms with Crippen LogP contribution in [0, 0.1) is 0 Å². The number of benzene rings is 2. The Labute approximate surface area is 138 Å². The fraction of sp³-hybridized carbons (Fsp3) is 0.125. The van der Waals surface area contributed by atoms with E-state index >= 15 is 0 Å². The number of halogens is 2. The van der Waals surface area contributed by atoms with Crippen molar-refractivity contribution in [2.45, 2.75) is 12.5 Å². The minimum absolute atomic E-state index is 0.189. The molecule has 0 bridgehead atoms. The van der Waals surface area contributed by atoms with Crippen LogP contribution in [0.2, 0.25) is 10.0 Å². The number of hydrogen-bond acceptors (Lipinski definition) is 3. The standard InChI is InChI=1S/C16H13Cl2N3O/c17-11-6-7-13(12(18)8-11)19-15-9-14(20-21-16(15)22)10-4-2-1-3-5-10/h1-8,15,19H,9H2,(H,21,22). The van der Waals surface area contributed by atoms with Gasteiger partial charge in [-0.2, -0.15) is 5.10 Å². The maximum atomic E-state index is 12.0. The summed E-state index contributed by atoms with van der Waals surface area (Å²) in [5, 5.41) is 8.30. The SMILES string of the molecule is O=C1NN=C(c2ccccc2)CC1Nc1ccc(Cl)cc1Cl. The lowest BCUT2D eigenvalue weighted by Crippen LogP contribution is -2.43. The van der Waals surface area contributed by atoms with Crippen LogP contribution in [0.3, 0.4) is 0 Å². The fourth-order valence-corrected chi connectivity index (χ4v) is 2.72. The third-order valence-electron chi connectivity index (χ3n) is 3.38. The summed E-state index contributed by atoms with van der Waals surface area (Å²) in [5.41, 5.74) is 5.02. The van der Waals surface area contributed by atoms with Crippen LogP contribution in [0.5, 0.6) is 0 Å². The van der Waals surface area contributed by atoms with Gasteiger partial charge in [0.25, 0.3) is 5.91 Å². The monoisotopic (exact) mass is 333 g/mol. The van der Waals surface area contributed by atoms with Gasteiger partial charge in [0, 0.05) is 11.4 Å². The molecule has 1 unspecified atom stereocenters. The first-order valence-corrected chi connectivity index (χ1v) is 7.52. The number of carbonyl (C=O) groups is 1. The lowest BCUT2D eigenvalue weighted by atomic mass is 10.0. The Morgan fingerprint density at radius 1 is 1.14 bits per heavy atom. The molecule has 2 aromatic rings. The first-order chi connectivity index (χ1) is 10.6. The lowest BCUT2D eigenvalue weighted by Gasteiger charge is -2.24. The van der Waals surface area contributed by atoms with Gasteiger partial charge in [-0.05, 0) is 23.8 Å². The van der Waals surface area contributed by atoms with Crippen LogP contribution >= 0.6 is 23.2 Å². The molecule has 22 heavy (non-hydrogen) atoms. The van der Waals surface area contributed by atoms with Gasteiger partial charge in [-0.3, -0.25) is 4.79 Å². The van der Waals surface area contributed by atoms with E-state index in [1.807, 2.05) is 30.3 Å². The average molecular weight is 334 g/mol. The van der Waals surface area contributed by atoms with Crippen molar-refractivity contribution in [1.29, 1.82) is 0 Å². The molecule has 112 valence electrons. The van der Waals surface area contributed by atoms with E-state index in [0.717, 1.165) is 11.3 Å². The second-order valence-electron chi connectivity index (χ2n) is 4.93. The van der Waals surface area contributed by atoms with Crippen LogP contribution in [0.4, 0.5) is 5.69 Å². The molecule has 1 atom stereocenters. The van der Waals surface area contributed by atoms with Crippen molar-refractivity contribution in [2.24, 2.45) is 5.10 Å². The summed E-state index contributed by atoms with van der Waals surface area (Å²) >= 11 is 12.0. The van der Waals surface area contributed by atoms with Gasteiger partial charge < -0.3 is 5.32 Å². The van der Waals surface area contributed by atoms with E-state index in [0.29, 0.717) is 22.2 Å². The Kier molecular flexibility index (Phi) is 4.32. The molecule has 0 aromatic heterocycles. The van der Waals surface area contributed by atoms with E-state index in [1.165, 1.54) is 0 Å². The van der Waals surface area contributed by atoms with Gasteiger partial charge in [-0.25, -0.2) is 5.43 Å². The minimum Gasteiger partial charge on any atom is -0.372 e. The number of carbonyl (C=O) groups excluding carboxylic acids is 1. The number of rotatable bonds is 3. The summed E-state index contributed by atoms with van der Waals surface area (Å²) in [7, 11) is 0. The maximum Gasteiger partial charge on any atom is 0.262 e. The van der Waals surface area contributed by atoms with E-state index in [-0.39, 0.29) is 5.91 Å². The molecule has 2 aromatic carbocycles. The highest BCUT2D eigenvalue weighted by molar-refractivity contribution is 6.36. The molecule has 3 rings (SSSR count). The number of nitrogens with zero attached hydrogens (tertiary/aromatic N) is 1. The topological polar surface area (TPSA) is 53.5 Å². The minimum atomic E-state index is -0.439. The van der Waals surface area contributed by atoms with Gasteiger partial charge in [-0.1, -0.05) is 53.5 Å². The van der Waals surface area contributed by atoms with Crippen molar-refractivity contribution in [1.82, 2.24) is 5.43 Å². The average Bonchev–Trinajstić information content (AvgIpc) is 2.53. The van der Waals surface area contributed by atoms with Crippen LogP contribution in [-0.2, 0) is 4.79 Å². The van der Waals surface area contributed by atoms with Crippen LogP contribution in [0.25, 0.3) is 0 Å². The quantitative estimate of drug-likeness (QED) is 0.899. The molecule has 1 heterocycles. The van der Waals surface area contributed by atoms with Crippen LogP contribution in [0.1, 0.15) is 12.0 Å². The molecule has 1 amide bonds. The van der Waals surface area contributed by atoms with Gasteiger partial charge >= 0.3 is 0 Å². The van der Waals surface area contributed by atoms with E-state index in [4.69, 9.17) is 23.2 Å². The van der Waals surface area contributed by atoms with Crippen molar-refractivity contribution in [3.05, 3.63) is 64.1 Å². The molecule has 0 saturated heterocycles. The van der Waals surface area contributed by atoms with E-state index in [9.17, 15) is 4.79 Å².